The van der Waals surface area contributed by atoms with Crippen molar-refractivity contribution in [1.82, 2.24) is 5.43 Å². The second-order valence-electron chi connectivity index (χ2n) is 5.10. The quantitative estimate of drug-likeness (QED) is 0.461. The van der Waals surface area contributed by atoms with Gasteiger partial charge in [0.15, 0.2) is 24.7 Å². The van der Waals surface area contributed by atoms with E-state index in [1.54, 1.807) is 42.5 Å². The minimum Gasteiger partial charge on any atom is -0.493 e. The van der Waals surface area contributed by atoms with Crippen LogP contribution in [0.3, 0.4) is 0 Å². The van der Waals surface area contributed by atoms with Crippen molar-refractivity contribution in [2.24, 2.45) is 5.10 Å². The molecule has 142 valence electrons. The van der Waals surface area contributed by atoms with Gasteiger partial charge in [-0.05, 0) is 30.3 Å². The van der Waals surface area contributed by atoms with Crippen molar-refractivity contribution < 1.29 is 28.9 Å². The van der Waals surface area contributed by atoms with Crippen molar-refractivity contribution >= 4 is 34.0 Å². The number of nitrogens with zero attached hydrogens (tertiary/aromatic N) is 1. The third kappa shape index (κ3) is 6.63. The van der Waals surface area contributed by atoms with Crippen LogP contribution in [-0.2, 0) is 9.59 Å². The van der Waals surface area contributed by atoms with Crippen LogP contribution in [0.1, 0.15) is 5.56 Å². The summed E-state index contributed by atoms with van der Waals surface area (Å²) in [7, 11) is 1.51. The fraction of sp³-hybridized carbons (Fsp3) is 0.167. The van der Waals surface area contributed by atoms with Gasteiger partial charge in [0.25, 0.3) is 5.91 Å². The van der Waals surface area contributed by atoms with Crippen molar-refractivity contribution in [3.63, 3.8) is 0 Å². The van der Waals surface area contributed by atoms with Crippen LogP contribution in [0.4, 0.5) is 0 Å². The summed E-state index contributed by atoms with van der Waals surface area (Å²) in [5.41, 5.74) is 2.82. The predicted molar refractivity (Wildman–Crippen MR) is 101 cm³/mol. The van der Waals surface area contributed by atoms with Gasteiger partial charge in [0.1, 0.15) is 5.75 Å². The molecule has 0 aliphatic carbocycles. The molecule has 0 atom stereocenters. The van der Waals surface area contributed by atoms with Crippen LogP contribution < -0.4 is 19.6 Å². The number of carboxylic acid groups (broad SMARTS) is 1. The van der Waals surface area contributed by atoms with E-state index in [1.165, 1.54) is 13.3 Å². The number of para-hydroxylation sites is 2. The monoisotopic (exact) mass is 436 g/mol. The Morgan fingerprint density at radius 1 is 1.11 bits per heavy atom. The highest BCUT2D eigenvalue weighted by Gasteiger charge is 2.07. The Hall–Kier alpha value is -3.07. The van der Waals surface area contributed by atoms with Crippen LogP contribution in [0.2, 0.25) is 0 Å². The number of amides is 1. The lowest BCUT2D eigenvalue weighted by atomic mass is 10.2. The van der Waals surface area contributed by atoms with Crippen molar-refractivity contribution in [2.75, 3.05) is 20.3 Å². The lowest BCUT2D eigenvalue weighted by Crippen LogP contribution is -2.24. The maximum absolute atomic E-state index is 11.9. The van der Waals surface area contributed by atoms with E-state index >= 15 is 0 Å². The topological polar surface area (TPSA) is 106 Å². The highest BCUT2D eigenvalue weighted by Crippen LogP contribution is 2.25. The van der Waals surface area contributed by atoms with Gasteiger partial charge in [-0.2, -0.15) is 5.10 Å². The van der Waals surface area contributed by atoms with Gasteiger partial charge >= 0.3 is 5.97 Å². The zero-order valence-corrected chi connectivity index (χ0v) is 15.9. The summed E-state index contributed by atoms with van der Waals surface area (Å²) in [6, 6.07) is 11.9. The summed E-state index contributed by atoms with van der Waals surface area (Å²) in [6.45, 7) is -0.736. The van der Waals surface area contributed by atoms with Gasteiger partial charge in [-0.3, -0.25) is 4.79 Å². The van der Waals surface area contributed by atoms with Gasteiger partial charge in [-0.25, -0.2) is 10.2 Å². The minimum atomic E-state index is -1.09. The Morgan fingerprint density at radius 2 is 1.81 bits per heavy atom. The molecule has 2 aromatic rings. The van der Waals surface area contributed by atoms with Crippen molar-refractivity contribution in [2.45, 2.75) is 0 Å². The Balaban J connectivity index is 1.93. The number of ether oxygens (including phenoxy) is 3. The van der Waals surface area contributed by atoms with E-state index in [9.17, 15) is 9.59 Å². The van der Waals surface area contributed by atoms with E-state index in [0.29, 0.717) is 22.8 Å². The molecule has 0 heterocycles. The van der Waals surface area contributed by atoms with Crippen molar-refractivity contribution in [3.05, 3.63) is 52.5 Å². The first-order valence-corrected chi connectivity index (χ1v) is 8.50. The first-order chi connectivity index (χ1) is 13.0. The van der Waals surface area contributed by atoms with Crippen LogP contribution in [0.15, 0.2) is 52.0 Å². The predicted octanol–water partition coefficient (Wildman–Crippen LogP) is 2.45. The van der Waals surface area contributed by atoms with E-state index in [2.05, 4.69) is 26.5 Å². The molecular weight excluding hydrogens is 420 g/mol. The lowest BCUT2D eigenvalue weighted by molar-refractivity contribution is -0.139. The molecular formula is C18H17BrN2O6. The van der Waals surface area contributed by atoms with Crippen molar-refractivity contribution in [3.8, 4) is 17.2 Å². The number of carbonyl (C=O) groups excluding carboxylic acids is 1. The van der Waals surface area contributed by atoms with Crippen molar-refractivity contribution in [1.29, 1.82) is 0 Å². The summed E-state index contributed by atoms with van der Waals surface area (Å²) < 4.78 is 16.5. The summed E-state index contributed by atoms with van der Waals surface area (Å²) in [5, 5.41) is 12.6. The van der Waals surface area contributed by atoms with Gasteiger partial charge < -0.3 is 19.3 Å². The van der Waals surface area contributed by atoms with E-state index in [-0.39, 0.29) is 6.61 Å². The highest BCUT2D eigenvalue weighted by molar-refractivity contribution is 9.10. The fourth-order valence-corrected chi connectivity index (χ4v) is 2.36. The zero-order valence-electron chi connectivity index (χ0n) is 14.3. The molecule has 0 saturated heterocycles. The maximum Gasteiger partial charge on any atom is 0.341 e. The van der Waals surface area contributed by atoms with Crippen LogP contribution in [-0.4, -0.2) is 43.5 Å². The fourth-order valence-electron chi connectivity index (χ4n) is 1.98. The second kappa shape index (κ2) is 10.2. The summed E-state index contributed by atoms with van der Waals surface area (Å²) >= 11 is 3.31. The Bertz CT molecular complexity index is 840. The average Bonchev–Trinajstić information content (AvgIpc) is 2.65. The number of carbonyl (C=O) groups is 2. The molecule has 0 unspecified atom stereocenters. The van der Waals surface area contributed by atoms with E-state index in [0.717, 1.165) is 4.47 Å². The number of hydrazone groups is 1. The molecule has 2 N–H and O–H groups in total. The minimum absolute atomic E-state index is 0.251. The Morgan fingerprint density at radius 3 is 2.52 bits per heavy atom. The van der Waals surface area contributed by atoms with Gasteiger partial charge in [0.05, 0.1) is 13.3 Å². The van der Waals surface area contributed by atoms with Crippen LogP contribution in [0.5, 0.6) is 17.2 Å². The Labute approximate surface area is 163 Å². The number of halogens is 1. The molecule has 9 heteroatoms. The second-order valence-corrected chi connectivity index (χ2v) is 6.01. The highest BCUT2D eigenvalue weighted by atomic mass is 79.9. The van der Waals surface area contributed by atoms with Gasteiger partial charge in [0.2, 0.25) is 0 Å². The number of methoxy groups -OCH3 is 1. The first kappa shape index (κ1) is 20.2. The van der Waals surface area contributed by atoms with E-state index in [1.807, 2.05) is 0 Å². The number of aliphatic carboxylic acids is 1. The molecule has 0 bridgehead atoms. The SMILES string of the molecule is COc1ccccc1OCC(=O)N/N=C/c1cc(Br)ccc1OCC(=O)O. The van der Waals surface area contributed by atoms with Gasteiger partial charge in [-0.15, -0.1) is 0 Å². The van der Waals surface area contributed by atoms with Gasteiger partial charge in [0, 0.05) is 10.0 Å². The zero-order chi connectivity index (χ0) is 19.6. The molecule has 0 radical (unpaired) electrons. The normalized spacial score (nSPS) is 10.4. The molecule has 1 amide bonds. The summed E-state index contributed by atoms with van der Waals surface area (Å²) in [4.78, 5) is 22.5. The Kier molecular flexibility index (Phi) is 7.63. The molecule has 0 spiro atoms. The molecule has 0 aliphatic rings. The molecule has 2 rings (SSSR count). The number of benzene rings is 2. The molecule has 2 aromatic carbocycles. The molecule has 8 nitrogen and oxygen atoms in total. The van der Waals surface area contributed by atoms with Crippen LogP contribution in [0, 0.1) is 0 Å². The number of hydrogen-bond acceptors (Lipinski definition) is 6. The molecule has 0 saturated carbocycles. The number of carboxylic acids is 1. The molecule has 0 aliphatic heterocycles. The third-order valence-corrected chi connectivity index (χ3v) is 3.64. The largest absolute Gasteiger partial charge is 0.493 e. The lowest BCUT2D eigenvalue weighted by Gasteiger charge is -2.09. The van der Waals surface area contributed by atoms with E-state index < -0.39 is 18.5 Å². The number of hydrogen-bond donors (Lipinski definition) is 2. The maximum atomic E-state index is 11.9. The molecule has 27 heavy (non-hydrogen) atoms. The van der Waals surface area contributed by atoms with Gasteiger partial charge in [-0.1, -0.05) is 28.1 Å². The smallest absolute Gasteiger partial charge is 0.341 e. The third-order valence-electron chi connectivity index (χ3n) is 3.14. The van der Waals surface area contributed by atoms with Crippen LogP contribution >= 0.6 is 15.9 Å². The average molecular weight is 437 g/mol. The number of nitrogens with one attached hydrogen (secondary N) is 1. The standard InChI is InChI=1S/C18H17BrN2O6/c1-25-15-4-2-3-5-16(15)26-10-17(22)21-20-9-12-8-13(19)6-7-14(12)27-11-18(23)24/h2-9H,10-11H2,1H3,(H,21,22)(H,23,24)/b20-9+. The van der Waals surface area contributed by atoms with Crippen LogP contribution in [0.25, 0.3) is 0 Å². The number of rotatable bonds is 9. The van der Waals surface area contributed by atoms with E-state index in [4.69, 9.17) is 19.3 Å². The summed E-state index contributed by atoms with van der Waals surface area (Å²) in [5.74, 6) is -0.287. The molecule has 0 fully saturated rings. The molecule has 0 aromatic heterocycles. The summed E-state index contributed by atoms with van der Waals surface area (Å²) in [6.07, 6.45) is 1.35. The first-order valence-electron chi connectivity index (χ1n) is 7.71.